The molecule has 5 heteroatoms. The first-order valence-electron chi connectivity index (χ1n) is 3.12. The standard InChI is InChI=1S/C7H3BrClNOS/c8-3-1-2-4(9)5-6(3)11-7(12)10-5/h1-2H,(H,10,12). The Hall–Kier alpha value is -0.190. The van der Waals surface area contributed by atoms with E-state index in [1.807, 2.05) is 6.07 Å². The van der Waals surface area contributed by atoms with Crippen LogP contribution in [0.2, 0.25) is 5.02 Å². The summed E-state index contributed by atoms with van der Waals surface area (Å²) < 4.78 is 6.03. The van der Waals surface area contributed by atoms with Crippen molar-refractivity contribution >= 4 is 51.3 Å². The van der Waals surface area contributed by atoms with E-state index in [-0.39, 0.29) is 0 Å². The third-order valence-corrected chi connectivity index (χ3v) is 2.56. The molecule has 0 aliphatic rings. The first-order chi connectivity index (χ1) is 5.68. The lowest BCUT2D eigenvalue weighted by Gasteiger charge is -1.91. The molecule has 62 valence electrons. The Morgan fingerprint density at radius 3 is 2.92 bits per heavy atom. The van der Waals surface area contributed by atoms with Crippen LogP contribution in [0.4, 0.5) is 0 Å². The molecule has 0 unspecified atom stereocenters. The van der Waals surface area contributed by atoms with Crippen LogP contribution in [-0.4, -0.2) is 4.98 Å². The molecule has 2 rings (SSSR count). The number of oxazole rings is 1. The predicted octanol–water partition coefficient (Wildman–Crippen LogP) is 3.53. The van der Waals surface area contributed by atoms with Gasteiger partial charge in [0, 0.05) is 0 Å². The minimum absolute atomic E-state index is 0.318. The third-order valence-electron chi connectivity index (χ3n) is 1.43. The van der Waals surface area contributed by atoms with Crippen molar-refractivity contribution in [3.8, 4) is 0 Å². The van der Waals surface area contributed by atoms with Crippen molar-refractivity contribution in [2.75, 3.05) is 0 Å². The summed E-state index contributed by atoms with van der Waals surface area (Å²) in [4.78, 5) is 4.01. The van der Waals surface area contributed by atoms with E-state index in [1.165, 1.54) is 0 Å². The number of aromatic nitrogens is 1. The van der Waals surface area contributed by atoms with E-state index < -0.39 is 0 Å². The van der Waals surface area contributed by atoms with Gasteiger partial charge in [0.2, 0.25) is 0 Å². The largest absolute Gasteiger partial charge is 0.430 e. The van der Waals surface area contributed by atoms with E-state index in [1.54, 1.807) is 6.07 Å². The van der Waals surface area contributed by atoms with Crippen LogP contribution in [0.5, 0.6) is 0 Å². The maximum atomic E-state index is 5.87. The predicted molar refractivity (Wildman–Crippen MR) is 54.0 cm³/mol. The molecule has 1 aromatic carbocycles. The molecule has 0 spiro atoms. The van der Waals surface area contributed by atoms with Gasteiger partial charge >= 0.3 is 0 Å². The normalized spacial score (nSPS) is 10.9. The van der Waals surface area contributed by atoms with Gasteiger partial charge in [-0.2, -0.15) is 0 Å². The topological polar surface area (TPSA) is 26.0 Å². The average molecular weight is 265 g/mol. The molecule has 0 saturated carbocycles. The maximum Gasteiger partial charge on any atom is 0.253 e. The molecule has 0 aliphatic carbocycles. The fourth-order valence-corrected chi connectivity index (χ4v) is 1.72. The number of rotatable bonds is 0. The molecular formula is C7H3BrClNOS. The fourth-order valence-electron chi connectivity index (χ4n) is 0.934. The Morgan fingerprint density at radius 1 is 1.50 bits per heavy atom. The maximum absolute atomic E-state index is 5.87. The summed E-state index contributed by atoms with van der Waals surface area (Å²) in [7, 11) is 0. The molecule has 0 atom stereocenters. The van der Waals surface area contributed by atoms with Crippen molar-refractivity contribution < 1.29 is 4.42 Å². The molecule has 0 N–H and O–H groups in total. The van der Waals surface area contributed by atoms with E-state index in [4.69, 9.17) is 16.0 Å². The molecule has 12 heavy (non-hydrogen) atoms. The Morgan fingerprint density at radius 2 is 2.25 bits per heavy atom. The first kappa shape index (κ1) is 8.41. The minimum Gasteiger partial charge on any atom is -0.430 e. The monoisotopic (exact) mass is 263 g/mol. The average Bonchev–Trinajstić information content (AvgIpc) is 2.41. The Bertz CT molecular complexity index is 403. The number of hydrogen-bond donors (Lipinski definition) is 1. The molecule has 0 aliphatic heterocycles. The van der Waals surface area contributed by atoms with Crippen molar-refractivity contribution in [1.82, 2.24) is 4.98 Å². The molecule has 1 aromatic heterocycles. The van der Waals surface area contributed by atoms with E-state index >= 15 is 0 Å². The summed E-state index contributed by atoms with van der Waals surface area (Å²) in [5, 5.41) is 0.885. The Balaban J connectivity index is 2.93. The second-order valence-corrected chi connectivity index (χ2v) is 3.85. The molecule has 0 saturated heterocycles. The number of halogens is 2. The van der Waals surface area contributed by atoms with Crippen molar-refractivity contribution in [2.24, 2.45) is 0 Å². The summed E-state index contributed by atoms with van der Waals surface area (Å²) >= 11 is 13.2. The van der Waals surface area contributed by atoms with Gasteiger partial charge in [-0.15, -0.1) is 0 Å². The van der Waals surface area contributed by atoms with Crippen LogP contribution < -0.4 is 0 Å². The van der Waals surface area contributed by atoms with Gasteiger partial charge < -0.3 is 4.42 Å². The molecule has 1 heterocycles. The van der Waals surface area contributed by atoms with Crippen molar-refractivity contribution in [3.05, 3.63) is 21.6 Å². The molecule has 0 bridgehead atoms. The van der Waals surface area contributed by atoms with Gasteiger partial charge in [0.1, 0.15) is 5.52 Å². The summed E-state index contributed by atoms with van der Waals surface area (Å²) in [6.45, 7) is 0. The summed E-state index contributed by atoms with van der Waals surface area (Å²) in [6.07, 6.45) is 0. The number of thiol groups is 1. The van der Waals surface area contributed by atoms with E-state index in [0.29, 0.717) is 21.3 Å². The summed E-state index contributed by atoms with van der Waals surface area (Å²) in [5.41, 5.74) is 1.27. The molecule has 2 aromatic rings. The van der Waals surface area contributed by atoms with Crippen LogP contribution in [-0.2, 0) is 0 Å². The highest BCUT2D eigenvalue weighted by Crippen LogP contribution is 2.30. The first-order valence-corrected chi connectivity index (χ1v) is 4.74. The van der Waals surface area contributed by atoms with Crippen molar-refractivity contribution in [2.45, 2.75) is 5.22 Å². The van der Waals surface area contributed by atoms with Crippen LogP contribution in [0, 0.1) is 0 Å². The highest BCUT2D eigenvalue weighted by molar-refractivity contribution is 9.10. The number of nitrogens with zero attached hydrogens (tertiary/aromatic N) is 1. The molecular weight excluding hydrogens is 262 g/mol. The number of fused-ring (bicyclic) bond motifs is 1. The van der Waals surface area contributed by atoms with E-state index in [0.717, 1.165) is 4.47 Å². The van der Waals surface area contributed by atoms with Gasteiger partial charge in [-0.1, -0.05) is 24.2 Å². The summed E-state index contributed by atoms with van der Waals surface area (Å²) in [5.74, 6) is 0. The van der Waals surface area contributed by atoms with Crippen LogP contribution in [0.3, 0.4) is 0 Å². The molecule has 0 amide bonds. The zero-order valence-electron chi connectivity index (χ0n) is 5.71. The molecule has 0 fully saturated rings. The summed E-state index contributed by atoms with van der Waals surface area (Å²) in [6, 6.07) is 3.56. The number of benzene rings is 1. The SMILES string of the molecule is Sc1nc2c(Cl)ccc(Br)c2o1. The van der Waals surface area contributed by atoms with Crippen molar-refractivity contribution in [1.29, 1.82) is 0 Å². The van der Waals surface area contributed by atoms with Crippen LogP contribution in [0.15, 0.2) is 26.2 Å². The Kier molecular flexibility index (Phi) is 2.06. The zero-order chi connectivity index (χ0) is 8.72. The molecule has 0 radical (unpaired) electrons. The lowest BCUT2D eigenvalue weighted by Crippen LogP contribution is -1.71. The van der Waals surface area contributed by atoms with Crippen LogP contribution in [0.25, 0.3) is 11.1 Å². The molecule has 2 nitrogen and oxygen atoms in total. The minimum atomic E-state index is 0.318. The van der Waals surface area contributed by atoms with Gasteiger partial charge in [0.05, 0.1) is 9.50 Å². The van der Waals surface area contributed by atoms with Crippen LogP contribution in [0.1, 0.15) is 0 Å². The van der Waals surface area contributed by atoms with Gasteiger partial charge in [-0.3, -0.25) is 0 Å². The van der Waals surface area contributed by atoms with Crippen molar-refractivity contribution in [3.63, 3.8) is 0 Å². The van der Waals surface area contributed by atoms with E-state index in [9.17, 15) is 0 Å². The quantitative estimate of drug-likeness (QED) is 0.737. The smallest absolute Gasteiger partial charge is 0.253 e. The zero-order valence-corrected chi connectivity index (χ0v) is 8.95. The van der Waals surface area contributed by atoms with Gasteiger partial charge in [-0.25, -0.2) is 4.98 Å². The lowest BCUT2D eigenvalue weighted by atomic mass is 10.3. The van der Waals surface area contributed by atoms with Gasteiger partial charge in [-0.05, 0) is 28.1 Å². The number of hydrogen-bond acceptors (Lipinski definition) is 3. The highest BCUT2D eigenvalue weighted by atomic mass is 79.9. The third kappa shape index (κ3) is 1.24. The van der Waals surface area contributed by atoms with Gasteiger partial charge in [0.15, 0.2) is 5.58 Å². The Labute approximate surface area is 87.5 Å². The second-order valence-electron chi connectivity index (χ2n) is 2.20. The van der Waals surface area contributed by atoms with E-state index in [2.05, 4.69) is 33.5 Å². The fraction of sp³-hybridized carbons (Fsp3) is 0. The highest BCUT2D eigenvalue weighted by Gasteiger charge is 2.09. The lowest BCUT2D eigenvalue weighted by molar-refractivity contribution is 0.490. The van der Waals surface area contributed by atoms with Crippen LogP contribution >= 0.6 is 40.2 Å². The second kappa shape index (κ2) is 2.94. The van der Waals surface area contributed by atoms with Gasteiger partial charge in [0.25, 0.3) is 5.22 Å².